The molecule has 11 nitrogen and oxygen atoms in total. The van der Waals surface area contributed by atoms with Gasteiger partial charge in [0.05, 0.1) is 24.9 Å². The highest BCUT2D eigenvalue weighted by Crippen LogP contribution is 2.48. The number of alkyl halides is 1. The molecule has 0 N–H and O–H groups in total. The van der Waals surface area contributed by atoms with Crippen molar-refractivity contribution < 1.29 is 45.8 Å². The van der Waals surface area contributed by atoms with Gasteiger partial charge < -0.3 is 18.8 Å². The topological polar surface area (TPSA) is 135 Å². The molecule has 224 valence electrons. The van der Waals surface area contributed by atoms with Crippen molar-refractivity contribution in [3.8, 4) is 0 Å². The SMILES string of the molecule is COC(=O)[C@H]1N(C(=O)OC(C)(C)C)C[C@@H](OS(=O)(=O)CCl)[C@]1(CCCB1OC(C)(C)C(C)(C)O1)CSC(C)=O. The quantitative estimate of drug-likeness (QED) is 0.154. The van der Waals surface area contributed by atoms with Crippen LogP contribution in [0.3, 0.4) is 0 Å². The number of hydrogen-bond acceptors (Lipinski definition) is 11. The fourth-order valence-corrected chi connectivity index (χ4v) is 6.49. The van der Waals surface area contributed by atoms with Crippen LogP contribution >= 0.6 is 23.4 Å². The maximum atomic E-state index is 13.3. The Kier molecular flexibility index (Phi) is 10.9. The number of esters is 1. The van der Waals surface area contributed by atoms with Crippen LogP contribution in [0.4, 0.5) is 4.79 Å². The summed E-state index contributed by atoms with van der Waals surface area (Å²) in [7, 11) is -3.60. The van der Waals surface area contributed by atoms with Gasteiger partial charge in [0, 0.05) is 18.1 Å². The Morgan fingerprint density at radius 3 is 2.15 bits per heavy atom. The zero-order chi connectivity index (χ0) is 30.0. The number of rotatable bonds is 10. The van der Waals surface area contributed by atoms with Crippen molar-refractivity contribution in [2.45, 2.75) is 104 Å². The number of likely N-dealkylation sites (tertiary alicyclic amines) is 1. The summed E-state index contributed by atoms with van der Waals surface area (Å²) in [4.78, 5) is 39.8. The molecular weight excluding hydrogens is 573 g/mol. The predicted molar refractivity (Wildman–Crippen MR) is 149 cm³/mol. The fraction of sp³-hybridized carbons (Fsp3) is 0.875. The van der Waals surface area contributed by atoms with E-state index in [0.717, 1.165) is 16.7 Å². The minimum absolute atomic E-state index is 0.0206. The average Bonchev–Trinajstić information content (AvgIpc) is 3.19. The highest BCUT2D eigenvalue weighted by Gasteiger charge is 2.62. The van der Waals surface area contributed by atoms with E-state index in [2.05, 4.69) is 0 Å². The first kappa shape index (κ1) is 34.1. The highest BCUT2D eigenvalue weighted by atomic mass is 35.5. The standard InChI is InChI=1S/C24H41BClNO10S2/c1-16(28)38-14-24(11-10-12-25-36-22(5,6)23(7,8)37-25)17(35-39(31,32)15-26)13-27(18(24)19(29)33-9)20(30)34-21(2,3)4/h17-18H,10-15H2,1-9H3/t17-,18-,24+/m1/s1. The Bertz CT molecular complexity index is 1020. The van der Waals surface area contributed by atoms with Crippen molar-refractivity contribution in [2.75, 3.05) is 24.6 Å². The van der Waals surface area contributed by atoms with Gasteiger partial charge in [-0.15, -0.1) is 11.6 Å². The van der Waals surface area contributed by atoms with Crippen molar-refractivity contribution in [3.05, 3.63) is 0 Å². The summed E-state index contributed by atoms with van der Waals surface area (Å²) in [6.07, 6.45) is -1.06. The first-order chi connectivity index (χ1) is 17.7. The van der Waals surface area contributed by atoms with Crippen molar-refractivity contribution in [1.82, 2.24) is 4.90 Å². The minimum Gasteiger partial charge on any atom is -0.467 e. The second-order valence-corrected chi connectivity index (χ2v) is 15.2. The van der Waals surface area contributed by atoms with Crippen LogP contribution in [0.2, 0.25) is 6.32 Å². The van der Waals surface area contributed by atoms with Crippen LogP contribution in [0.15, 0.2) is 0 Å². The van der Waals surface area contributed by atoms with Gasteiger partial charge in [0.1, 0.15) is 23.0 Å². The molecule has 0 spiro atoms. The largest absolute Gasteiger partial charge is 0.467 e. The van der Waals surface area contributed by atoms with Crippen molar-refractivity contribution in [1.29, 1.82) is 0 Å². The number of carbonyl (C=O) groups is 3. The average molecular weight is 614 g/mol. The summed E-state index contributed by atoms with van der Waals surface area (Å²) in [5.74, 6) is -0.803. The molecule has 15 heteroatoms. The lowest BCUT2D eigenvalue weighted by atomic mass is 9.72. The van der Waals surface area contributed by atoms with Gasteiger partial charge in [-0.2, -0.15) is 8.42 Å². The van der Waals surface area contributed by atoms with E-state index in [-0.39, 0.29) is 23.8 Å². The van der Waals surface area contributed by atoms with Crippen molar-refractivity contribution in [3.63, 3.8) is 0 Å². The van der Waals surface area contributed by atoms with Crippen LogP contribution < -0.4 is 0 Å². The Morgan fingerprint density at radius 2 is 1.69 bits per heavy atom. The lowest BCUT2D eigenvalue weighted by Crippen LogP contribution is -2.52. The molecule has 2 aliphatic heterocycles. The van der Waals surface area contributed by atoms with E-state index >= 15 is 0 Å². The maximum Gasteiger partial charge on any atom is 0.457 e. The van der Waals surface area contributed by atoms with Crippen molar-refractivity contribution >= 4 is 57.8 Å². The summed E-state index contributed by atoms with van der Waals surface area (Å²) in [6.45, 7) is 13.8. The number of amides is 1. The van der Waals surface area contributed by atoms with Gasteiger partial charge in [0.2, 0.25) is 0 Å². The van der Waals surface area contributed by atoms with E-state index in [1.807, 2.05) is 27.7 Å². The molecule has 0 aromatic carbocycles. The lowest BCUT2D eigenvalue weighted by molar-refractivity contribution is -0.149. The summed E-state index contributed by atoms with van der Waals surface area (Å²) in [5, 5.41) is -1.08. The monoisotopic (exact) mass is 613 g/mol. The van der Waals surface area contributed by atoms with Crippen LogP contribution in [0.5, 0.6) is 0 Å². The van der Waals surface area contributed by atoms with E-state index in [9.17, 15) is 22.8 Å². The number of halogens is 1. The molecule has 0 aliphatic carbocycles. The number of methoxy groups -OCH3 is 1. The maximum absolute atomic E-state index is 13.3. The molecule has 0 aromatic heterocycles. The third-order valence-corrected chi connectivity index (χ3v) is 9.92. The summed E-state index contributed by atoms with van der Waals surface area (Å²) < 4.78 is 53.4. The molecule has 2 rings (SSSR count). The number of nitrogens with zero attached hydrogens (tertiary/aromatic N) is 1. The predicted octanol–water partition coefficient (Wildman–Crippen LogP) is 3.83. The first-order valence-corrected chi connectivity index (χ1v) is 15.8. The molecule has 1 amide bonds. The third kappa shape index (κ3) is 8.25. The Morgan fingerprint density at radius 1 is 1.13 bits per heavy atom. The van der Waals surface area contributed by atoms with Crippen LogP contribution in [0.1, 0.15) is 68.2 Å². The zero-order valence-electron chi connectivity index (χ0n) is 24.2. The van der Waals surface area contributed by atoms with Gasteiger partial charge in [0.25, 0.3) is 10.1 Å². The fourth-order valence-electron chi connectivity index (χ4n) is 4.71. The molecule has 0 unspecified atom stereocenters. The van der Waals surface area contributed by atoms with Crippen LogP contribution in [-0.4, -0.2) is 91.2 Å². The summed E-state index contributed by atoms with van der Waals surface area (Å²) in [5.41, 5.74) is -3.33. The normalized spacial score (nSPS) is 26.5. The van der Waals surface area contributed by atoms with Gasteiger partial charge in [0.15, 0.2) is 5.12 Å². The Hall–Kier alpha value is -1.06. The van der Waals surface area contributed by atoms with Crippen LogP contribution in [0, 0.1) is 5.41 Å². The Balaban J connectivity index is 2.52. The molecule has 0 aromatic rings. The molecule has 2 heterocycles. The van der Waals surface area contributed by atoms with E-state index in [1.165, 1.54) is 14.0 Å². The molecule has 3 atom stereocenters. The number of ether oxygens (including phenoxy) is 2. The molecule has 0 saturated carbocycles. The molecule has 2 saturated heterocycles. The van der Waals surface area contributed by atoms with Gasteiger partial charge in [-0.3, -0.25) is 13.9 Å². The van der Waals surface area contributed by atoms with Crippen molar-refractivity contribution in [2.24, 2.45) is 5.41 Å². The molecular formula is C24H41BClNO10S2. The minimum atomic E-state index is -4.23. The third-order valence-electron chi connectivity index (χ3n) is 7.24. The smallest absolute Gasteiger partial charge is 0.457 e. The molecule has 0 bridgehead atoms. The zero-order valence-corrected chi connectivity index (χ0v) is 26.6. The number of thioether (sulfide) groups is 1. The van der Waals surface area contributed by atoms with Crippen LogP contribution in [0.25, 0.3) is 0 Å². The summed E-state index contributed by atoms with van der Waals surface area (Å²) >= 11 is 6.56. The molecule has 2 aliphatic rings. The molecule has 39 heavy (non-hydrogen) atoms. The van der Waals surface area contributed by atoms with Gasteiger partial charge in [-0.05, 0) is 61.2 Å². The second kappa shape index (κ2) is 12.4. The number of carbonyl (C=O) groups excluding carboxylic acids is 3. The molecule has 2 fully saturated rings. The van der Waals surface area contributed by atoms with Gasteiger partial charge in [-0.1, -0.05) is 18.2 Å². The lowest BCUT2D eigenvalue weighted by Gasteiger charge is -2.38. The van der Waals surface area contributed by atoms with E-state index in [1.54, 1.807) is 20.8 Å². The summed E-state index contributed by atoms with van der Waals surface area (Å²) in [6, 6.07) is -1.29. The first-order valence-electron chi connectivity index (χ1n) is 12.7. The second-order valence-electron chi connectivity index (χ2n) is 11.9. The van der Waals surface area contributed by atoms with Gasteiger partial charge >= 0.3 is 19.2 Å². The van der Waals surface area contributed by atoms with Gasteiger partial charge in [-0.25, -0.2) is 9.59 Å². The molecule has 0 radical (unpaired) electrons. The highest BCUT2D eigenvalue weighted by molar-refractivity contribution is 8.13. The van der Waals surface area contributed by atoms with Crippen LogP contribution in [-0.2, 0) is 42.7 Å². The Labute approximate surface area is 241 Å². The van der Waals surface area contributed by atoms with E-state index < -0.39 is 68.9 Å². The van der Waals surface area contributed by atoms with E-state index in [0.29, 0.717) is 12.7 Å². The van der Waals surface area contributed by atoms with E-state index in [4.69, 9.17) is 34.6 Å². The number of hydrogen-bond donors (Lipinski definition) is 0.